The summed E-state index contributed by atoms with van der Waals surface area (Å²) in [6.07, 6.45) is 0. The van der Waals surface area contributed by atoms with Crippen molar-refractivity contribution in [3.8, 4) is 0 Å². The van der Waals surface area contributed by atoms with E-state index in [9.17, 15) is 0 Å². The Bertz CT molecular complexity index is 258. The van der Waals surface area contributed by atoms with Gasteiger partial charge in [-0.3, -0.25) is 0 Å². The summed E-state index contributed by atoms with van der Waals surface area (Å²) in [5.74, 6) is 0. The summed E-state index contributed by atoms with van der Waals surface area (Å²) in [6, 6.07) is 4.36. The standard InChI is InChI=1S/C10H14BrN/c1-7-4-8(2)9(6-12-3)10(11)5-7/h4-5,12H,6H2,1-3H3. The third-order valence-electron chi connectivity index (χ3n) is 1.92. The molecule has 0 aromatic heterocycles. The predicted molar refractivity (Wildman–Crippen MR) is 56.4 cm³/mol. The van der Waals surface area contributed by atoms with E-state index in [0.29, 0.717) is 0 Å². The molecule has 0 bridgehead atoms. The van der Waals surface area contributed by atoms with Crippen LogP contribution in [0.4, 0.5) is 0 Å². The highest BCUT2D eigenvalue weighted by molar-refractivity contribution is 9.10. The minimum absolute atomic E-state index is 0.923. The van der Waals surface area contributed by atoms with E-state index >= 15 is 0 Å². The Morgan fingerprint density at radius 3 is 2.50 bits per heavy atom. The summed E-state index contributed by atoms with van der Waals surface area (Å²) in [4.78, 5) is 0. The molecule has 12 heavy (non-hydrogen) atoms. The maximum Gasteiger partial charge on any atom is 0.0225 e. The molecule has 0 aliphatic carbocycles. The normalized spacial score (nSPS) is 10.3. The van der Waals surface area contributed by atoms with Crippen molar-refractivity contribution in [3.05, 3.63) is 33.3 Å². The van der Waals surface area contributed by atoms with Crippen LogP contribution in [-0.2, 0) is 6.54 Å². The molecule has 0 aliphatic rings. The highest BCUT2D eigenvalue weighted by Gasteiger charge is 2.02. The summed E-state index contributed by atoms with van der Waals surface area (Å²) < 4.78 is 1.20. The minimum Gasteiger partial charge on any atom is -0.316 e. The van der Waals surface area contributed by atoms with Crippen molar-refractivity contribution in [2.24, 2.45) is 0 Å². The van der Waals surface area contributed by atoms with E-state index in [2.05, 4.69) is 47.2 Å². The highest BCUT2D eigenvalue weighted by atomic mass is 79.9. The van der Waals surface area contributed by atoms with Crippen LogP contribution in [0.2, 0.25) is 0 Å². The topological polar surface area (TPSA) is 12.0 Å². The van der Waals surface area contributed by atoms with Crippen LogP contribution in [-0.4, -0.2) is 7.05 Å². The SMILES string of the molecule is CNCc1c(C)cc(C)cc1Br. The molecule has 0 fully saturated rings. The van der Waals surface area contributed by atoms with Crippen LogP contribution in [0.5, 0.6) is 0 Å². The highest BCUT2D eigenvalue weighted by Crippen LogP contribution is 2.22. The molecule has 0 radical (unpaired) electrons. The molecule has 1 N–H and O–H groups in total. The summed E-state index contributed by atoms with van der Waals surface area (Å²) in [6.45, 7) is 5.18. The lowest BCUT2D eigenvalue weighted by Crippen LogP contribution is -2.07. The molecule has 1 rings (SSSR count). The van der Waals surface area contributed by atoms with Crippen molar-refractivity contribution in [2.75, 3.05) is 7.05 Å². The Morgan fingerprint density at radius 1 is 1.33 bits per heavy atom. The van der Waals surface area contributed by atoms with Crippen LogP contribution in [0.15, 0.2) is 16.6 Å². The molecule has 0 atom stereocenters. The first kappa shape index (κ1) is 9.75. The lowest BCUT2D eigenvalue weighted by molar-refractivity contribution is 0.808. The van der Waals surface area contributed by atoms with E-state index < -0.39 is 0 Å². The molecule has 0 aliphatic heterocycles. The van der Waals surface area contributed by atoms with Gasteiger partial charge in [-0.25, -0.2) is 0 Å². The molecule has 2 heteroatoms. The first-order valence-corrected chi connectivity index (χ1v) is 4.84. The molecule has 0 amide bonds. The number of nitrogens with one attached hydrogen (secondary N) is 1. The van der Waals surface area contributed by atoms with Gasteiger partial charge < -0.3 is 5.32 Å². The van der Waals surface area contributed by atoms with E-state index in [-0.39, 0.29) is 0 Å². The first-order valence-electron chi connectivity index (χ1n) is 4.05. The number of rotatable bonds is 2. The van der Waals surface area contributed by atoms with E-state index in [4.69, 9.17) is 0 Å². The maximum atomic E-state index is 3.56. The van der Waals surface area contributed by atoms with Gasteiger partial charge in [0, 0.05) is 11.0 Å². The smallest absolute Gasteiger partial charge is 0.0225 e. The average Bonchev–Trinajstić information content (AvgIpc) is 1.96. The quantitative estimate of drug-likeness (QED) is 0.820. The zero-order chi connectivity index (χ0) is 9.14. The summed E-state index contributed by atoms with van der Waals surface area (Å²) in [7, 11) is 1.96. The lowest BCUT2D eigenvalue weighted by Gasteiger charge is -2.08. The van der Waals surface area contributed by atoms with Gasteiger partial charge in [0.2, 0.25) is 0 Å². The summed E-state index contributed by atoms with van der Waals surface area (Å²) >= 11 is 3.56. The van der Waals surface area contributed by atoms with Crippen LogP contribution in [0.3, 0.4) is 0 Å². The monoisotopic (exact) mass is 227 g/mol. The van der Waals surface area contributed by atoms with Crippen LogP contribution >= 0.6 is 15.9 Å². The average molecular weight is 228 g/mol. The third kappa shape index (κ3) is 2.08. The molecule has 1 aromatic carbocycles. The molecular weight excluding hydrogens is 214 g/mol. The van der Waals surface area contributed by atoms with Gasteiger partial charge in [-0.1, -0.05) is 22.0 Å². The molecule has 1 nitrogen and oxygen atoms in total. The van der Waals surface area contributed by atoms with Gasteiger partial charge in [0.25, 0.3) is 0 Å². The van der Waals surface area contributed by atoms with Gasteiger partial charge >= 0.3 is 0 Å². The van der Waals surface area contributed by atoms with Crippen molar-refractivity contribution in [1.82, 2.24) is 5.32 Å². The molecule has 0 heterocycles. The van der Waals surface area contributed by atoms with Crippen LogP contribution in [0.1, 0.15) is 16.7 Å². The first-order chi connectivity index (χ1) is 5.65. The fourth-order valence-corrected chi connectivity index (χ4v) is 2.16. The van der Waals surface area contributed by atoms with Crippen LogP contribution < -0.4 is 5.32 Å². The molecule has 66 valence electrons. The fourth-order valence-electron chi connectivity index (χ4n) is 1.35. The zero-order valence-electron chi connectivity index (χ0n) is 7.74. The number of halogens is 1. The number of hydrogen-bond donors (Lipinski definition) is 1. The second-order valence-electron chi connectivity index (χ2n) is 3.07. The van der Waals surface area contributed by atoms with E-state index in [1.54, 1.807) is 0 Å². The molecule has 1 aromatic rings. The van der Waals surface area contributed by atoms with Crippen molar-refractivity contribution in [3.63, 3.8) is 0 Å². The van der Waals surface area contributed by atoms with Crippen molar-refractivity contribution < 1.29 is 0 Å². The molecule has 0 saturated carbocycles. The van der Waals surface area contributed by atoms with E-state index in [0.717, 1.165) is 6.54 Å². The van der Waals surface area contributed by atoms with Gasteiger partial charge in [0.05, 0.1) is 0 Å². The zero-order valence-corrected chi connectivity index (χ0v) is 9.33. The predicted octanol–water partition coefficient (Wildman–Crippen LogP) is 2.79. The largest absolute Gasteiger partial charge is 0.316 e. The second kappa shape index (κ2) is 4.06. The lowest BCUT2D eigenvalue weighted by atomic mass is 10.1. The van der Waals surface area contributed by atoms with E-state index in [1.165, 1.54) is 21.2 Å². The second-order valence-corrected chi connectivity index (χ2v) is 3.93. The Morgan fingerprint density at radius 2 is 2.00 bits per heavy atom. The molecule has 0 saturated heterocycles. The minimum atomic E-state index is 0.923. The Hall–Kier alpha value is -0.340. The molecule has 0 spiro atoms. The number of hydrogen-bond acceptors (Lipinski definition) is 1. The fraction of sp³-hybridized carbons (Fsp3) is 0.400. The molecular formula is C10H14BrN. The van der Waals surface area contributed by atoms with Gasteiger partial charge in [0.15, 0.2) is 0 Å². The third-order valence-corrected chi connectivity index (χ3v) is 2.62. The molecule has 0 unspecified atom stereocenters. The van der Waals surface area contributed by atoms with Gasteiger partial charge in [0.1, 0.15) is 0 Å². The summed E-state index contributed by atoms with van der Waals surface area (Å²) in [5.41, 5.74) is 4.00. The maximum absolute atomic E-state index is 3.56. The summed E-state index contributed by atoms with van der Waals surface area (Å²) in [5, 5.41) is 3.16. The van der Waals surface area contributed by atoms with Gasteiger partial charge in [-0.15, -0.1) is 0 Å². The van der Waals surface area contributed by atoms with Gasteiger partial charge in [-0.2, -0.15) is 0 Å². The van der Waals surface area contributed by atoms with Crippen molar-refractivity contribution in [2.45, 2.75) is 20.4 Å². The van der Waals surface area contributed by atoms with Crippen LogP contribution in [0.25, 0.3) is 0 Å². The Labute approximate surface area is 82.3 Å². The Balaban J connectivity index is 3.10. The number of benzene rings is 1. The van der Waals surface area contributed by atoms with Crippen LogP contribution in [0, 0.1) is 13.8 Å². The number of aryl methyl sites for hydroxylation is 2. The van der Waals surface area contributed by atoms with E-state index in [1.807, 2.05) is 7.05 Å². The van der Waals surface area contributed by atoms with Gasteiger partial charge in [-0.05, 0) is 43.7 Å². The Kier molecular flexibility index (Phi) is 3.29. The van der Waals surface area contributed by atoms with Crippen molar-refractivity contribution in [1.29, 1.82) is 0 Å². The van der Waals surface area contributed by atoms with Crippen molar-refractivity contribution >= 4 is 15.9 Å².